The van der Waals surface area contributed by atoms with Gasteiger partial charge in [0.1, 0.15) is 0 Å². The predicted molar refractivity (Wildman–Crippen MR) is 193 cm³/mol. The fourth-order valence-corrected chi connectivity index (χ4v) is 6.02. The number of rotatable bonds is 7. The second-order valence-electron chi connectivity index (χ2n) is 11.7. The minimum atomic E-state index is 0.891. The number of anilines is 3. The fourth-order valence-electron chi connectivity index (χ4n) is 6.02. The van der Waals surface area contributed by atoms with E-state index in [2.05, 4.69) is 184 Å². The number of benzene rings is 5. The molecule has 2 nitrogen and oxygen atoms in total. The van der Waals surface area contributed by atoms with Crippen molar-refractivity contribution in [1.82, 2.24) is 0 Å². The first-order chi connectivity index (χ1) is 21.4. The van der Waals surface area contributed by atoms with E-state index in [1.54, 1.807) is 0 Å². The molecule has 1 aliphatic heterocycles. The van der Waals surface area contributed by atoms with Crippen LogP contribution in [-0.2, 0) is 0 Å². The van der Waals surface area contributed by atoms with Crippen LogP contribution < -0.4 is 9.80 Å². The molecule has 6 rings (SSSR count). The quantitative estimate of drug-likeness (QED) is 0.179. The number of hydrogen-bond acceptors (Lipinski definition) is 2. The fraction of sp³-hybridized carbons (Fsp3) is 0.143. The van der Waals surface area contributed by atoms with Crippen molar-refractivity contribution >= 4 is 52.5 Å². The standard InChI is InChI=1S/C42H40N2/c1-6-44-41-24-17-32(28-40(34-15-11-8-12-16-34)35-20-22-39(23-21-35)43(4)5)27-36(41)18-19-37-29-38(31(3)26-42(37)44)25-30(2)33-13-9-7-10-14-33/h7-29H,6H2,1-5H3. The maximum absolute atomic E-state index is 2.45. The van der Waals surface area contributed by atoms with E-state index in [-0.39, 0.29) is 0 Å². The first-order valence-electron chi connectivity index (χ1n) is 15.4. The Balaban J connectivity index is 1.40. The molecule has 0 spiro atoms. The first kappa shape index (κ1) is 29.0. The van der Waals surface area contributed by atoms with E-state index >= 15 is 0 Å². The van der Waals surface area contributed by atoms with E-state index in [1.807, 2.05) is 0 Å². The molecule has 0 radical (unpaired) electrons. The Bertz CT molecular complexity index is 1860. The second-order valence-corrected chi connectivity index (χ2v) is 11.7. The van der Waals surface area contributed by atoms with Gasteiger partial charge in [0.25, 0.3) is 0 Å². The second kappa shape index (κ2) is 12.7. The maximum atomic E-state index is 2.45. The summed E-state index contributed by atoms with van der Waals surface area (Å²) in [6.45, 7) is 7.54. The Hall–Kier alpha value is -5.08. The van der Waals surface area contributed by atoms with Gasteiger partial charge in [-0.1, -0.05) is 97.1 Å². The van der Waals surface area contributed by atoms with Crippen molar-refractivity contribution in [1.29, 1.82) is 0 Å². The average molecular weight is 573 g/mol. The Morgan fingerprint density at radius 3 is 1.91 bits per heavy atom. The Morgan fingerprint density at radius 2 is 1.27 bits per heavy atom. The van der Waals surface area contributed by atoms with Gasteiger partial charge in [0.05, 0.1) is 0 Å². The van der Waals surface area contributed by atoms with Crippen LogP contribution >= 0.6 is 0 Å². The van der Waals surface area contributed by atoms with E-state index in [0.29, 0.717) is 0 Å². The normalized spacial score (nSPS) is 12.9. The zero-order valence-corrected chi connectivity index (χ0v) is 26.4. The molecule has 5 aromatic carbocycles. The number of hydrogen-bond donors (Lipinski definition) is 0. The van der Waals surface area contributed by atoms with Crippen molar-refractivity contribution in [2.75, 3.05) is 30.4 Å². The first-order valence-corrected chi connectivity index (χ1v) is 15.4. The highest BCUT2D eigenvalue weighted by Gasteiger charge is 2.19. The lowest BCUT2D eigenvalue weighted by Gasteiger charge is -2.26. The summed E-state index contributed by atoms with van der Waals surface area (Å²) in [4.78, 5) is 4.58. The van der Waals surface area contributed by atoms with Crippen molar-refractivity contribution < 1.29 is 0 Å². The molecule has 44 heavy (non-hydrogen) atoms. The highest BCUT2D eigenvalue weighted by molar-refractivity contribution is 5.95. The summed E-state index contributed by atoms with van der Waals surface area (Å²) in [7, 11) is 4.16. The van der Waals surface area contributed by atoms with Crippen molar-refractivity contribution in [2.45, 2.75) is 20.8 Å². The minimum Gasteiger partial charge on any atom is -0.378 e. The van der Waals surface area contributed by atoms with Gasteiger partial charge < -0.3 is 9.80 Å². The molecule has 0 fully saturated rings. The molecule has 0 aliphatic carbocycles. The molecular formula is C42H40N2. The van der Waals surface area contributed by atoms with Crippen LogP contribution in [0.1, 0.15) is 58.4 Å². The zero-order valence-electron chi connectivity index (χ0n) is 26.4. The van der Waals surface area contributed by atoms with Gasteiger partial charge in [-0.3, -0.25) is 0 Å². The molecule has 0 amide bonds. The van der Waals surface area contributed by atoms with E-state index < -0.39 is 0 Å². The largest absolute Gasteiger partial charge is 0.378 e. The maximum Gasteiger partial charge on any atom is 0.0487 e. The van der Waals surface area contributed by atoms with Gasteiger partial charge in [0, 0.05) is 37.7 Å². The van der Waals surface area contributed by atoms with Gasteiger partial charge in [-0.25, -0.2) is 0 Å². The number of fused-ring (bicyclic) bond motifs is 2. The van der Waals surface area contributed by atoms with Crippen LogP contribution in [-0.4, -0.2) is 20.6 Å². The number of aryl methyl sites for hydroxylation is 1. The monoisotopic (exact) mass is 572 g/mol. The van der Waals surface area contributed by atoms with Gasteiger partial charge in [-0.15, -0.1) is 0 Å². The summed E-state index contributed by atoms with van der Waals surface area (Å²) in [6.07, 6.45) is 9.19. The Labute approximate surface area is 262 Å². The molecule has 0 bridgehead atoms. The summed E-state index contributed by atoms with van der Waals surface area (Å²) < 4.78 is 0. The molecule has 0 N–H and O–H groups in total. The summed E-state index contributed by atoms with van der Waals surface area (Å²) in [5.41, 5.74) is 16.0. The van der Waals surface area contributed by atoms with Gasteiger partial charge in [0.2, 0.25) is 0 Å². The molecular weight excluding hydrogens is 532 g/mol. The summed E-state index contributed by atoms with van der Waals surface area (Å²) in [6, 6.07) is 41.7. The van der Waals surface area contributed by atoms with Crippen LogP contribution in [0.25, 0.3) is 35.5 Å². The third-order valence-corrected chi connectivity index (χ3v) is 8.50. The molecule has 0 aromatic heterocycles. The van der Waals surface area contributed by atoms with Crippen molar-refractivity contribution in [2.24, 2.45) is 0 Å². The van der Waals surface area contributed by atoms with Crippen LogP contribution in [0.4, 0.5) is 17.1 Å². The molecule has 1 heterocycles. The molecule has 0 saturated heterocycles. The topological polar surface area (TPSA) is 6.48 Å². The summed E-state index contributed by atoms with van der Waals surface area (Å²) in [5.74, 6) is 0. The van der Waals surface area contributed by atoms with Crippen molar-refractivity contribution in [3.63, 3.8) is 0 Å². The lowest BCUT2D eigenvalue weighted by molar-refractivity contribution is 1.02. The van der Waals surface area contributed by atoms with Crippen molar-refractivity contribution in [3.8, 4) is 0 Å². The smallest absolute Gasteiger partial charge is 0.0487 e. The number of allylic oxidation sites excluding steroid dienone is 1. The zero-order chi connectivity index (χ0) is 30.6. The highest BCUT2D eigenvalue weighted by atomic mass is 15.1. The predicted octanol–water partition coefficient (Wildman–Crippen LogP) is 10.9. The van der Waals surface area contributed by atoms with Crippen LogP contribution in [0.2, 0.25) is 0 Å². The molecule has 0 saturated carbocycles. The molecule has 218 valence electrons. The van der Waals surface area contributed by atoms with Gasteiger partial charge in [0.15, 0.2) is 0 Å². The number of nitrogens with zero attached hydrogens (tertiary/aromatic N) is 2. The Kier molecular flexibility index (Phi) is 8.34. The third-order valence-electron chi connectivity index (χ3n) is 8.50. The molecule has 1 aliphatic rings. The van der Waals surface area contributed by atoms with E-state index in [4.69, 9.17) is 0 Å². The van der Waals surface area contributed by atoms with Gasteiger partial charge >= 0.3 is 0 Å². The van der Waals surface area contributed by atoms with Crippen LogP contribution in [0.3, 0.4) is 0 Å². The highest BCUT2D eigenvalue weighted by Crippen LogP contribution is 2.39. The molecule has 2 heteroatoms. The average Bonchev–Trinajstić information content (AvgIpc) is 3.20. The third kappa shape index (κ3) is 6.02. The lowest BCUT2D eigenvalue weighted by Crippen LogP contribution is -2.17. The van der Waals surface area contributed by atoms with Gasteiger partial charge in [-0.05, 0) is 119 Å². The molecule has 5 aromatic rings. The van der Waals surface area contributed by atoms with E-state index in [0.717, 1.165) is 6.54 Å². The van der Waals surface area contributed by atoms with Crippen LogP contribution in [0, 0.1) is 6.92 Å². The van der Waals surface area contributed by atoms with Crippen LogP contribution in [0.15, 0.2) is 115 Å². The summed E-state index contributed by atoms with van der Waals surface area (Å²) in [5, 5.41) is 0. The van der Waals surface area contributed by atoms with Gasteiger partial charge in [-0.2, -0.15) is 0 Å². The SMILES string of the molecule is CCN1c2ccc(C=C(c3ccccc3)c3ccc(N(C)C)cc3)cc2C=Cc2cc(C=C(C)c3ccccc3)c(C)cc21. The molecule has 0 unspecified atom stereocenters. The van der Waals surface area contributed by atoms with Crippen LogP contribution in [0.5, 0.6) is 0 Å². The van der Waals surface area contributed by atoms with E-state index in [9.17, 15) is 0 Å². The minimum absolute atomic E-state index is 0.891. The van der Waals surface area contributed by atoms with Crippen molar-refractivity contribution in [3.05, 3.63) is 160 Å². The Morgan fingerprint density at radius 1 is 0.659 bits per heavy atom. The summed E-state index contributed by atoms with van der Waals surface area (Å²) >= 11 is 0. The van der Waals surface area contributed by atoms with E-state index in [1.165, 1.54) is 72.7 Å². The molecule has 0 atom stereocenters. The lowest BCUT2D eigenvalue weighted by atomic mass is 9.94.